The van der Waals surface area contributed by atoms with E-state index in [0.717, 1.165) is 33.1 Å². The molecule has 0 spiro atoms. The number of imide groups is 1. The molecule has 1 saturated heterocycles. The fourth-order valence-electron chi connectivity index (χ4n) is 3.32. The van der Waals surface area contributed by atoms with Crippen LogP contribution in [-0.4, -0.2) is 18.9 Å². The van der Waals surface area contributed by atoms with Gasteiger partial charge in [-0.1, -0.05) is 12.1 Å². The average Bonchev–Trinajstić information content (AvgIpc) is 2.98. The Hall–Kier alpha value is -2.82. The van der Waals surface area contributed by atoms with Gasteiger partial charge in [-0.2, -0.15) is 0 Å². The summed E-state index contributed by atoms with van der Waals surface area (Å²) in [6, 6.07) is 9.65. The van der Waals surface area contributed by atoms with Crippen LogP contribution in [0.15, 0.2) is 41.0 Å². The molecular weight excluding hydrogens is 294 g/mol. The van der Waals surface area contributed by atoms with Crippen molar-refractivity contribution in [3.8, 4) is 5.75 Å². The number of rotatable bonds is 2. The molecular formula is C18H15NO4. The van der Waals surface area contributed by atoms with Crippen LogP contribution >= 0.6 is 0 Å². The van der Waals surface area contributed by atoms with Crippen molar-refractivity contribution in [1.29, 1.82) is 0 Å². The van der Waals surface area contributed by atoms with E-state index in [0.29, 0.717) is 12.8 Å². The highest BCUT2D eigenvalue weighted by atomic mass is 16.5. The Balaban J connectivity index is 1.96. The number of hydrogen-bond acceptors (Lipinski definition) is 4. The largest absolute Gasteiger partial charge is 0.496 e. The minimum absolute atomic E-state index is 0.217. The molecule has 1 aliphatic heterocycles. The van der Waals surface area contributed by atoms with Crippen LogP contribution < -0.4 is 10.1 Å². The molecule has 1 unspecified atom stereocenters. The Labute approximate surface area is 132 Å². The van der Waals surface area contributed by atoms with Crippen molar-refractivity contribution >= 4 is 33.6 Å². The van der Waals surface area contributed by atoms with E-state index in [-0.39, 0.29) is 17.7 Å². The molecule has 5 nitrogen and oxygen atoms in total. The molecule has 3 aromatic rings. The maximum Gasteiger partial charge on any atom is 0.234 e. The van der Waals surface area contributed by atoms with E-state index in [4.69, 9.17) is 9.15 Å². The lowest BCUT2D eigenvalue weighted by atomic mass is 9.89. The Morgan fingerprint density at radius 3 is 2.83 bits per heavy atom. The van der Waals surface area contributed by atoms with Crippen molar-refractivity contribution in [3.05, 3.63) is 42.2 Å². The summed E-state index contributed by atoms with van der Waals surface area (Å²) in [5, 5.41) is 5.27. The number of furan rings is 1. The number of nitrogens with one attached hydrogen (secondary N) is 1. The van der Waals surface area contributed by atoms with Crippen LogP contribution in [0.2, 0.25) is 0 Å². The molecule has 2 heterocycles. The van der Waals surface area contributed by atoms with Crippen molar-refractivity contribution in [2.75, 3.05) is 7.11 Å². The number of carbonyl (C=O) groups is 2. The van der Waals surface area contributed by atoms with Gasteiger partial charge in [0.1, 0.15) is 11.3 Å². The first-order valence-corrected chi connectivity index (χ1v) is 7.49. The number of amides is 2. The topological polar surface area (TPSA) is 68.5 Å². The van der Waals surface area contributed by atoms with Gasteiger partial charge >= 0.3 is 0 Å². The zero-order valence-corrected chi connectivity index (χ0v) is 12.6. The third kappa shape index (κ3) is 2.08. The van der Waals surface area contributed by atoms with Gasteiger partial charge in [-0.25, -0.2) is 0 Å². The van der Waals surface area contributed by atoms with Gasteiger partial charge in [-0.05, 0) is 30.0 Å². The number of carbonyl (C=O) groups excluding carboxylic acids is 2. The molecule has 1 aliphatic rings. The normalized spacial score (nSPS) is 18.4. The van der Waals surface area contributed by atoms with E-state index in [1.165, 1.54) is 0 Å². The van der Waals surface area contributed by atoms with Crippen LogP contribution in [-0.2, 0) is 9.59 Å². The molecule has 1 fully saturated rings. The number of methoxy groups -OCH3 is 1. The molecule has 23 heavy (non-hydrogen) atoms. The maximum absolute atomic E-state index is 12.2. The second kappa shape index (κ2) is 5.12. The van der Waals surface area contributed by atoms with Crippen molar-refractivity contribution in [1.82, 2.24) is 5.32 Å². The number of fused-ring (bicyclic) bond motifs is 3. The monoisotopic (exact) mass is 309 g/mol. The van der Waals surface area contributed by atoms with Crippen LogP contribution in [0.4, 0.5) is 0 Å². The van der Waals surface area contributed by atoms with Crippen molar-refractivity contribution in [3.63, 3.8) is 0 Å². The lowest BCUT2D eigenvalue weighted by molar-refractivity contribution is -0.134. The predicted molar refractivity (Wildman–Crippen MR) is 85.4 cm³/mol. The summed E-state index contributed by atoms with van der Waals surface area (Å²) in [4.78, 5) is 23.6. The van der Waals surface area contributed by atoms with E-state index in [2.05, 4.69) is 5.32 Å². The SMILES string of the molecule is COc1cccc2c1ccc1occ(C3CCC(=O)NC3=O)c12. The first-order chi connectivity index (χ1) is 11.2. The summed E-state index contributed by atoms with van der Waals surface area (Å²) in [6.07, 6.45) is 2.47. The Bertz CT molecular complexity index is 941. The predicted octanol–water partition coefficient (Wildman–Crippen LogP) is 3.11. The van der Waals surface area contributed by atoms with Gasteiger partial charge in [-0.15, -0.1) is 0 Å². The molecule has 2 amide bonds. The van der Waals surface area contributed by atoms with Crippen LogP contribution in [0, 0.1) is 0 Å². The van der Waals surface area contributed by atoms with Crippen molar-refractivity contribution in [2.45, 2.75) is 18.8 Å². The van der Waals surface area contributed by atoms with Gasteiger partial charge in [-0.3, -0.25) is 14.9 Å². The minimum atomic E-state index is -0.370. The number of benzene rings is 2. The molecule has 5 heteroatoms. The second-order valence-electron chi connectivity index (χ2n) is 5.69. The maximum atomic E-state index is 12.2. The highest BCUT2D eigenvalue weighted by Gasteiger charge is 2.31. The molecule has 1 atom stereocenters. The minimum Gasteiger partial charge on any atom is -0.496 e. The van der Waals surface area contributed by atoms with E-state index < -0.39 is 0 Å². The van der Waals surface area contributed by atoms with Gasteiger partial charge in [0.15, 0.2) is 0 Å². The van der Waals surface area contributed by atoms with Crippen LogP contribution in [0.25, 0.3) is 21.7 Å². The Kier molecular flexibility index (Phi) is 3.08. The first-order valence-electron chi connectivity index (χ1n) is 7.49. The van der Waals surface area contributed by atoms with Gasteiger partial charge in [0.25, 0.3) is 0 Å². The lowest BCUT2D eigenvalue weighted by Crippen LogP contribution is -2.39. The zero-order valence-electron chi connectivity index (χ0n) is 12.6. The van der Waals surface area contributed by atoms with Gasteiger partial charge in [0.05, 0.1) is 19.3 Å². The summed E-state index contributed by atoms with van der Waals surface area (Å²) >= 11 is 0. The highest BCUT2D eigenvalue weighted by molar-refractivity contribution is 6.12. The molecule has 0 bridgehead atoms. The van der Waals surface area contributed by atoms with Gasteiger partial charge in [0.2, 0.25) is 11.8 Å². The van der Waals surface area contributed by atoms with Crippen LogP contribution in [0.5, 0.6) is 5.75 Å². The summed E-state index contributed by atoms with van der Waals surface area (Å²) < 4.78 is 11.1. The summed E-state index contributed by atoms with van der Waals surface area (Å²) in [5.41, 5.74) is 1.55. The Morgan fingerprint density at radius 1 is 1.17 bits per heavy atom. The van der Waals surface area contributed by atoms with Crippen LogP contribution in [0.3, 0.4) is 0 Å². The zero-order chi connectivity index (χ0) is 16.0. The van der Waals surface area contributed by atoms with Crippen molar-refractivity contribution in [2.24, 2.45) is 0 Å². The molecule has 4 rings (SSSR count). The third-order valence-electron chi connectivity index (χ3n) is 4.42. The molecule has 0 aliphatic carbocycles. The molecule has 1 aromatic heterocycles. The van der Waals surface area contributed by atoms with E-state index in [1.807, 2.05) is 30.3 Å². The van der Waals surface area contributed by atoms with E-state index in [1.54, 1.807) is 13.4 Å². The van der Waals surface area contributed by atoms with E-state index >= 15 is 0 Å². The Morgan fingerprint density at radius 2 is 2.04 bits per heavy atom. The average molecular weight is 309 g/mol. The smallest absolute Gasteiger partial charge is 0.234 e. The standard InChI is InChI=1S/C18H15NO4/c1-22-14-4-2-3-11-10(14)5-7-15-17(11)13(9-23-15)12-6-8-16(20)19-18(12)21/h2-5,7,9,12H,6,8H2,1H3,(H,19,20,21). The van der Waals surface area contributed by atoms with E-state index in [9.17, 15) is 9.59 Å². The summed E-state index contributed by atoms with van der Waals surface area (Å²) in [5.74, 6) is -0.0694. The second-order valence-corrected chi connectivity index (χ2v) is 5.69. The third-order valence-corrected chi connectivity index (χ3v) is 4.42. The van der Waals surface area contributed by atoms with Gasteiger partial charge < -0.3 is 9.15 Å². The number of piperidine rings is 1. The lowest BCUT2D eigenvalue weighted by Gasteiger charge is -2.20. The molecule has 2 aromatic carbocycles. The van der Waals surface area contributed by atoms with Crippen molar-refractivity contribution < 1.29 is 18.7 Å². The first kappa shape index (κ1) is 13.8. The number of hydrogen-bond donors (Lipinski definition) is 1. The summed E-state index contributed by atoms with van der Waals surface area (Å²) in [6.45, 7) is 0. The molecule has 0 saturated carbocycles. The molecule has 116 valence electrons. The van der Waals surface area contributed by atoms with Crippen LogP contribution in [0.1, 0.15) is 24.3 Å². The molecule has 0 radical (unpaired) electrons. The fraction of sp³-hybridized carbons (Fsp3) is 0.222. The fourth-order valence-corrected chi connectivity index (χ4v) is 3.32. The number of ether oxygens (including phenoxy) is 1. The van der Waals surface area contributed by atoms with Gasteiger partial charge in [0, 0.05) is 22.8 Å². The summed E-state index contributed by atoms with van der Waals surface area (Å²) in [7, 11) is 1.63. The highest BCUT2D eigenvalue weighted by Crippen LogP contribution is 2.38. The quantitative estimate of drug-likeness (QED) is 0.739. The molecule has 1 N–H and O–H groups in total.